The third-order valence-corrected chi connectivity index (χ3v) is 3.49. The SMILES string of the molecule is Nc1cc(N2CCN(C(=O)c3nccnc3N)CC2)ncn1. The van der Waals surface area contributed by atoms with Gasteiger partial charge in [-0.3, -0.25) is 4.79 Å². The third kappa shape index (κ3) is 2.73. The molecule has 0 radical (unpaired) electrons. The van der Waals surface area contributed by atoms with E-state index in [1.807, 2.05) is 0 Å². The van der Waals surface area contributed by atoms with E-state index in [0.29, 0.717) is 32.0 Å². The first-order valence-corrected chi connectivity index (χ1v) is 6.83. The summed E-state index contributed by atoms with van der Waals surface area (Å²) in [5.74, 6) is 1.14. The lowest BCUT2D eigenvalue weighted by molar-refractivity contribution is 0.0741. The Morgan fingerprint density at radius 3 is 2.41 bits per heavy atom. The maximum atomic E-state index is 12.4. The molecule has 0 spiro atoms. The Morgan fingerprint density at radius 1 is 1.00 bits per heavy atom. The molecule has 1 aliphatic rings. The molecule has 0 aromatic carbocycles. The van der Waals surface area contributed by atoms with E-state index in [4.69, 9.17) is 11.5 Å². The number of nitrogens with zero attached hydrogens (tertiary/aromatic N) is 6. The lowest BCUT2D eigenvalue weighted by Gasteiger charge is -2.35. The third-order valence-electron chi connectivity index (χ3n) is 3.49. The highest BCUT2D eigenvalue weighted by Gasteiger charge is 2.25. The molecule has 1 fully saturated rings. The largest absolute Gasteiger partial charge is 0.384 e. The Kier molecular flexibility index (Phi) is 3.69. The van der Waals surface area contributed by atoms with Gasteiger partial charge in [0.05, 0.1) is 0 Å². The molecule has 0 unspecified atom stereocenters. The zero-order chi connectivity index (χ0) is 15.5. The molecule has 0 bridgehead atoms. The van der Waals surface area contributed by atoms with Crippen molar-refractivity contribution >= 4 is 23.4 Å². The first-order valence-electron chi connectivity index (χ1n) is 6.83. The van der Waals surface area contributed by atoms with Gasteiger partial charge in [0.25, 0.3) is 5.91 Å². The van der Waals surface area contributed by atoms with Crippen molar-refractivity contribution in [3.8, 4) is 0 Å². The molecular weight excluding hydrogens is 284 g/mol. The lowest BCUT2D eigenvalue weighted by atomic mass is 10.2. The van der Waals surface area contributed by atoms with Crippen molar-refractivity contribution in [1.29, 1.82) is 0 Å². The molecule has 3 heterocycles. The van der Waals surface area contributed by atoms with Gasteiger partial charge in [-0.1, -0.05) is 0 Å². The smallest absolute Gasteiger partial charge is 0.276 e. The molecule has 1 amide bonds. The maximum Gasteiger partial charge on any atom is 0.276 e. The molecule has 9 nitrogen and oxygen atoms in total. The van der Waals surface area contributed by atoms with Gasteiger partial charge in [0.2, 0.25) is 0 Å². The van der Waals surface area contributed by atoms with Crippen molar-refractivity contribution in [1.82, 2.24) is 24.8 Å². The van der Waals surface area contributed by atoms with Gasteiger partial charge in [-0.2, -0.15) is 0 Å². The Balaban J connectivity index is 1.67. The summed E-state index contributed by atoms with van der Waals surface area (Å²) in [7, 11) is 0. The van der Waals surface area contributed by atoms with Crippen LogP contribution in [0.4, 0.5) is 17.5 Å². The molecule has 3 rings (SSSR count). The first-order chi connectivity index (χ1) is 10.6. The number of piperazine rings is 1. The summed E-state index contributed by atoms with van der Waals surface area (Å²) in [6.45, 7) is 2.42. The molecule has 0 atom stereocenters. The fourth-order valence-electron chi connectivity index (χ4n) is 2.34. The van der Waals surface area contributed by atoms with Crippen molar-refractivity contribution in [3.63, 3.8) is 0 Å². The number of hydrogen-bond donors (Lipinski definition) is 2. The van der Waals surface area contributed by atoms with E-state index in [1.54, 1.807) is 11.0 Å². The quantitative estimate of drug-likeness (QED) is 0.752. The maximum absolute atomic E-state index is 12.4. The highest BCUT2D eigenvalue weighted by atomic mass is 16.2. The van der Waals surface area contributed by atoms with Crippen LogP contribution in [0.2, 0.25) is 0 Å². The summed E-state index contributed by atoms with van der Waals surface area (Å²) in [5, 5.41) is 0. The summed E-state index contributed by atoms with van der Waals surface area (Å²) in [5.41, 5.74) is 11.6. The normalized spacial score (nSPS) is 14.9. The van der Waals surface area contributed by atoms with Crippen LogP contribution in [0.15, 0.2) is 24.8 Å². The van der Waals surface area contributed by atoms with Gasteiger partial charge in [-0.15, -0.1) is 0 Å². The second-order valence-corrected chi connectivity index (χ2v) is 4.87. The minimum Gasteiger partial charge on any atom is -0.384 e. The number of anilines is 3. The Labute approximate surface area is 127 Å². The molecule has 1 aliphatic heterocycles. The number of carbonyl (C=O) groups is 1. The van der Waals surface area contributed by atoms with Crippen LogP contribution in [-0.2, 0) is 0 Å². The van der Waals surface area contributed by atoms with Crippen molar-refractivity contribution in [3.05, 3.63) is 30.5 Å². The Morgan fingerprint density at radius 2 is 1.73 bits per heavy atom. The highest BCUT2D eigenvalue weighted by molar-refractivity contribution is 5.96. The number of nitrogen functional groups attached to an aromatic ring is 2. The molecule has 114 valence electrons. The second kappa shape index (κ2) is 5.80. The number of rotatable bonds is 2. The fraction of sp³-hybridized carbons (Fsp3) is 0.308. The van der Waals surface area contributed by atoms with Gasteiger partial charge in [0.1, 0.15) is 18.0 Å². The molecule has 4 N–H and O–H groups in total. The van der Waals surface area contributed by atoms with Crippen molar-refractivity contribution in [2.45, 2.75) is 0 Å². The number of hydrogen-bond acceptors (Lipinski definition) is 8. The van der Waals surface area contributed by atoms with E-state index in [-0.39, 0.29) is 17.4 Å². The van der Waals surface area contributed by atoms with Crippen LogP contribution >= 0.6 is 0 Å². The van der Waals surface area contributed by atoms with Gasteiger partial charge in [-0.05, 0) is 0 Å². The van der Waals surface area contributed by atoms with Gasteiger partial charge in [0, 0.05) is 44.6 Å². The molecule has 2 aromatic rings. The average Bonchev–Trinajstić information content (AvgIpc) is 2.55. The summed E-state index contributed by atoms with van der Waals surface area (Å²) in [6, 6.07) is 1.72. The predicted molar refractivity (Wildman–Crippen MR) is 81.0 cm³/mol. The van der Waals surface area contributed by atoms with Crippen LogP contribution in [0.1, 0.15) is 10.5 Å². The standard InChI is InChI=1S/C13H16N8O/c14-9-7-10(19-8-18-9)20-3-5-21(6-4-20)13(22)11-12(15)17-2-1-16-11/h1-2,7-8H,3-6H2,(H2,15,17)(H2,14,18,19). The topological polar surface area (TPSA) is 127 Å². The van der Waals surface area contributed by atoms with Crippen LogP contribution in [0.25, 0.3) is 0 Å². The van der Waals surface area contributed by atoms with Gasteiger partial charge >= 0.3 is 0 Å². The zero-order valence-electron chi connectivity index (χ0n) is 11.9. The predicted octanol–water partition coefficient (Wildman–Crippen LogP) is -0.607. The molecule has 0 aliphatic carbocycles. The minimum absolute atomic E-state index is 0.151. The van der Waals surface area contributed by atoms with E-state index in [9.17, 15) is 4.79 Å². The molecule has 9 heteroatoms. The average molecular weight is 300 g/mol. The van der Waals surface area contributed by atoms with Crippen molar-refractivity contribution in [2.24, 2.45) is 0 Å². The van der Waals surface area contributed by atoms with Crippen LogP contribution in [0, 0.1) is 0 Å². The molecule has 1 saturated heterocycles. The number of nitrogens with two attached hydrogens (primary N) is 2. The van der Waals surface area contributed by atoms with Crippen LogP contribution in [0.5, 0.6) is 0 Å². The lowest BCUT2D eigenvalue weighted by Crippen LogP contribution is -2.49. The number of carbonyl (C=O) groups excluding carboxylic acids is 1. The first kappa shape index (κ1) is 14.0. The fourth-order valence-corrected chi connectivity index (χ4v) is 2.34. The highest BCUT2D eigenvalue weighted by Crippen LogP contribution is 2.16. The van der Waals surface area contributed by atoms with Gasteiger partial charge in [-0.25, -0.2) is 19.9 Å². The Bertz CT molecular complexity index is 683. The summed E-state index contributed by atoms with van der Waals surface area (Å²) in [4.78, 5) is 32.1. The van der Waals surface area contributed by atoms with Crippen LogP contribution in [0.3, 0.4) is 0 Å². The zero-order valence-corrected chi connectivity index (χ0v) is 11.9. The molecule has 2 aromatic heterocycles. The summed E-state index contributed by atoms with van der Waals surface area (Å²) in [6.07, 6.45) is 4.36. The van der Waals surface area contributed by atoms with E-state index < -0.39 is 0 Å². The number of aromatic nitrogens is 4. The van der Waals surface area contributed by atoms with E-state index in [2.05, 4.69) is 24.8 Å². The summed E-state index contributed by atoms with van der Waals surface area (Å²) >= 11 is 0. The number of amides is 1. The second-order valence-electron chi connectivity index (χ2n) is 4.87. The van der Waals surface area contributed by atoms with Crippen molar-refractivity contribution in [2.75, 3.05) is 42.5 Å². The van der Waals surface area contributed by atoms with Crippen LogP contribution < -0.4 is 16.4 Å². The monoisotopic (exact) mass is 300 g/mol. The Hall–Kier alpha value is -2.97. The molecule has 22 heavy (non-hydrogen) atoms. The molecular formula is C13H16N8O. The van der Waals surface area contributed by atoms with Crippen LogP contribution in [-0.4, -0.2) is 56.9 Å². The van der Waals surface area contributed by atoms with E-state index in [0.717, 1.165) is 5.82 Å². The summed E-state index contributed by atoms with van der Waals surface area (Å²) < 4.78 is 0. The van der Waals surface area contributed by atoms with Gasteiger partial charge < -0.3 is 21.3 Å². The van der Waals surface area contributed by atoms with E-state index >= 15 is 0 Å². The minimum atomic E-state index is -0.201. The van der Waals surface area contributed by atoms with E-state index in [1.165, 1.54) is 18.7 Å². The van der Waals surface area contributed by atoms with Crippen molar-refractivity contribution < 1.29 is 4.79 Å². The van der Waals surface area contributed by atoms with Gasteiger partial charge in [0.15, 0.2) is 11.5 Å². The molecule has 0 saturated carbocycles.